The molecule has 3 rings (SSSR count). The molecule has 0 bridgehead atoms. The van der Waals surface area contributed by atoms with Crippen LogP contribution < -0.4 is 0 Å². The molecule has 3 heterocycles. The number of nitrogens with zero attached hydrogens (tertiary/aromatic N) is 11. The molecule has 18 nitrogen and oxygen atoms in total. The molecule has 3 aromatic rings. The van der Waals surface area contributed by atoms with Gasteiger partial charge >= 0.3 is 17.5 Å². The van der Waals surface area contributed by atoms with E-state index >= 15 is 0 Å². The Kier molecular flexibility index (Phi) is 3.29. The zero-order valence-electron chi connectivity index (χ0n) is 10.9. The van der Waals surface area contributed by atoms with Crippen molar-refractivity contribution in [2.75, 3.05) is 0 Å². The molecule has 122 valence electrons. The number of nitro groups is 2. The monoisotopic (exact) mass is 339 g/mol. The number of azo groups is 1. The summed E-state index contributed by atoms with van der Waals surface area (Å²) in [5, 5.41) is 55.5. The van der Waals surface area contributed by atoms with Crippen molar-refractivity contribution in [3.8, 4) is 5.82 Å². The molecule has 0 atom stereocenters. The average Bonchev–Trinajstić information content (AvgIpc) is 3.26. The summed E-state index contributed by atoms with van der Waals surface area (Å²) in [5.41, 5.74) is 0. The molecular formula is C6HN11O7. The lowest BCUT2D eigenvalue weighted by Gasteiger charge is -1.97. The maximum atomic E-state index is 11.8. The molecule has 24 heavy (non-hydrogen) atoms. The first-order valence-electron chi connectivity index (χ1n) is 5.53. The van der Waals surface area contributed by atoms with E-state index in [9.17, 15) is 25.4 Å². The summed E-state index contributed by atoms with van der Waals surface area (Å²) in [4.78, 5) is 19.1. The van der Waals surface area contributed by atoms with Crippen LogP contribution in [0.25, 0.3) is 5.82 Å². The molecule has 0 spiro atoms. The highest BCUT2D eigenvalue weighted by molar-refractivity contribution is 5.43. The fourth-order valence-electron chi connectivity index (χ4n) is 1.38. The molecule has 18 heteroatoms. The smallest absolute Gasteiger partial charge is 0.515 e. The molecule has 0 saturated heterocycles. The summed E-state index contributed by atoms with van der Waals surface area (Å²) in [6.07, 6.45) is 0.855. The summed E-state index contributed by atoms with van der Waals surface area (Å²) in [5.74, 6) is -3.31. The average molecular weight is 339 g/mol. The molecule has 0 saturated carbocycles. The zero-order valence-corrected chi connectivity index (χ0v) is 10.9. The van der Waals surface area contributed by atoms with E-state index in [1.165, 1.54) is 0 Å². The van der Waals surface area contributed by atoms with Gasteiger partial charge in [0.05, 0.1) is 5.21 Å². The van der Waals surface area contributed by atoms with Crippen LogP contribution in [0.3, 0.4) is 0 Å². The first-order chi connectivity index (χ1) is 11.5. The molecular weight excluding hydrogens is 338 g/mol. The lowest BCUT2D eigenvalue weighted by atomic mass is 10.6. The van der Waals surface area contributed by atoms with Crippen molar-refractivity contribution in [1.82, 2.24) is 35.6 Å². The zero-order chi connectivity index (χ0) is 17.3. The molecule has 0 aliphatic heterocycles. The van der Waals surface area contributed by atoms with Crippen LogP contribution >= 0.6 is 0 Å². The van der Waals surface area contributed by atoms with Gasteiger partial charge < -0.3 is 25.4 Å². The van der Waals surface area contributed by atoms with Crippen molar-refractivity contribution < 1.29 is 24.0 Å². The van der Waals surface area contributed by atoms with Gasteiger partial charge in [0, 0.05) is 0 Å². The Labute approximate surface area is 126 Å². The van der Waals surface area contributed by atoms with E-state index in [0.29, 0.717) is 0 Å². The van der Waals surface area contributed by atoms with Gasteiger partial charge in [0.25, 0.3) is 11.6 Å². The molecule has 0 radical (unpaired) electrons. The van der Waals surface area contributed by atoms with E-state index in [4.69, 9.17) is 0 Å². The van der Waals surface area contributed by atoms with E-state index in [-0.39, 0.29) is 10.7 Å². The summed E-state index contributed by atoms with van der Waals surface area (Å²) in [7, 11) is 0. The Morgan fingerprint density at radius 1 is 1.00 bits per heavy atom. The maximum Gasteiger partial charge on any atom is 0.515 e. The van der Waals surface area contributed by atoms with Crippen molar-refractivity contribution in [3.05, 3.63) is 31.6 Å². The second kappa shape index (κ2) is 5.43. The minimum absolute atomic E-state index is 0.316. The van der Waals surface area contributed by atoms with Gasteiger partial charge in [-0.1, -0.05) is 5.11 Å². The van der Waals surface area contributed by atoms with E-state index in [1.54, 1.807) is 0 Å². The van der Waals surface area contributed by atoms with Gasteiger partial charge in [-0.25, -0.2) is 4.63 Å². The number of rotatable bonds is 5. The van der Waals surface area contributed by atoms with Gasteiger partial charge in [-0.05, 0) is 24.8 Å². The van der Waals surface area contributed by atoms with Crippen LogP contribution in [0, 0.1) is 25.4 Å². The van der Waals surface area contributed by atoms with Crippen LogP contribution in [0.15, 0.2) is 20.6 Å². The predicted octanol–water partition coefficient (Wildman–Crippen LogP) is -0.225. The SMILES string of the molecule is O=[N+]([O-])c1cn(-c2nonc2N=[N+]([O-])c2nonc2[N+](=O)[O-])nn1. The van der Waals surface area contributed by atoms with Crippen LogP contribution in [-0.4, -0.2) is 50.3 Å². The largest absolute Gasteiger partial charge is 0.690 e. The van der Waals surface area contributed by atoms with E-state index in [0.717, 1.165) is 10.9 Å². The number of aromatic nitrogens is 7. The Morgan fingerprint density at radius 2 is 1.71 bits per heavy atom. The molecule has 0 aromatic carbocycles. The third-order valence-corrected chi connectivity index (χ3v) is 2.33. The summed E-state index contributed by atoms with van der Waals surface area (Å²) in [6, 6.07) is 0. The van der Waals surface area contributed by atoms with Gasteiger partial charge in [-0.2, -0.15) is 4.68 Å². The molecule has 0 unspecified atom stereocenters. The van der Waals surface area contributed by atoms with Crippen molar-refractivity contribution >= 4 is 23.3 Å². The van der Waals surface area contributed by atoms with Gasteiger partial charge in [0.2, 0.25) is 10.3 Å². The third kappa shape index (κ3) is 2.44. The Balaban J connectivity index is 1.99. The Morgan fingerprint density at radius 3 is 2.38 bits per heavy atom. The van der Waals surface area contributed by atoms with Crippen molar-refractivity contribution in [3.63, 3.8) is 0 Å². The van der Waals surface area contributed by atoms with E-state index in [2.05, 4.69) is 45.3 Å². The van der Waals surface area contributed by atoms with E-state index in [1.807, 2.05) is 0 Å². The van der Waals surface area contributed by atoms with Crippen molar-refractivity contribution in [2.24, 2.45) is 5.11 Å². The first kappa shape index (κ1) is 14.6. The van der Waals surface area contributed by atoms with Crippen LogP contribution in [0.2, 0.25) is 0 Å². The molecule has 0 amide bonds. The molecule has 3 aromatic heterocycles. The van der Waals surface area contributed by atoms with Crippen LogP contribution in [0.4, 0.5) is 23.3 Å². The topological polar surface area (TPSA) is 233 Å². The molecule has 0 N–H and O–H groups in total. The van der Waals surface area contributed by atoms with Gasteiger partial charge in [-0.15, -0.1) is 4.86 Å². The highest BCUT2D eigenvalue weighted by Crippen LogP contribution is 2.25. The van der Waals surface area contributed by atoms with Crippen molar-refractivity contribution in [2.45, 2.75) is 0 Å². The first-order valence-corrected chi connectivity index (χ1v) is 5.53. The number of hydrogen-bond donors (Lipinski definition) is 0. The van der Waals surface area contributed by atoms with Crippen molar-refractivity contribution in [1.29, 1.82) is 0 Å². The molecule has 0 fully saturated rings. The summed E-state index contributed by atoms with van der Waals surface area (Å²) >= 11 is 0. The van der Waals surface area contributed by atoms with Crippen LogP contribution in [0.5, 0.6) is 0 Å². The minimum atomic E-state index is -1.02. The normalized spacial score (nSPS) is 11.6. The second-order valence-corrected chi connectivity index (χ2v) is 3.73. The standard InChI is InChI=1S/C6HN11O7/c18-15(5-6(17(21)22)12-24-11-5)8-3-4(10-23-9-3)14-1-2(7-13-14)16(19)20/h1H. The van der Waals surface area contributed by atoms with Gasteiger partial charge in [-0.3, -0.25) is 0 Å². The molecule has 0 aliphatic rings. The predicted molar refractivity (Wildman–Crippen MR) is 62.2 cm³/mol. The highest BCUT2D eigenvalue weighted by Gasteiger charge is 2.33. The lowest BCUT2D eigenvalue weighted by Crippen LogP contribution is -1.99. The third-order valence-electron chi connectivity index (χ3n) is 2.33. The van der Waals surface area contributed by atoms with Crippen LogP contribution in [-0.2, 0) is 0 Å². The quantitative estimate of drug-likeness (QED) is 0.253. The Bertz CT molecular complexity index is 952. The minimum Gasteiger partial charge on any atom is -0.690 e. The van der Waals surface area contributed by atoms with E-state index < -0.39 is 33.1 Å². The van der Waals surface area contributed by atoms with Gasteiger partial charge in [0.1, 0.15) is 11.3 Å². The maximum absolute atomic E-state index is 11.8. The Hall–Kier alpha value is -4.38. The highest BCUT2D eigenvalue weighted by atomic mass is 16.6. The fraction of sp³-hybridized carbons (Fsp3) is 0. The lowest BCUT2D eigenvalue weighted by molar-refractivity contribution is -0.459. The molecule has 0 aliphatic carbocycles. The second-order valence-electron chi connectivity index (χ2n) is 3.73. The summed E-state index contributed by atoms with van der Waals surface area (Å²) < 4.78 is 9.20. The number of hydrogen-bond acceptors (Lipinski definition) is 14. The van der Waals surface area contributed by atoms with Gasteiger partial charge in [0.15, 0.2) is 0 Å². The fourth-order valence-corrected chi connectivity index (χ4v) is 1.38. The van der Waals surface area contributed by atoms with Crippen LogP contribution in [0.1, 0.15) is 0 Å². The summed E-state index contributed by atoms with van der Waals surface area (Å²) in [6.45, 7) is 0.